The van der Waals surface area contributed by atoms with E-state index < -0.39 is 17.8 Å². The number of aromatic nitrogens is 2. The lowest BCUT2D eigenvalue weighted by atomic mass is 9.89. The zero-order valence-electron chi connectivity index (χ0n) is 18.7. The Balaban J connectivity index is 1.44. The molecule has 4 rings (SSSR count). The summed E-state index contributed by atoms with van der Waals surface area (Å²) >= 11 is 0. The predicted molar refractivity (Wildman–Crippen MR) is 117 cm³/mol. The number of hydrogen-bond donors (Lipinski definition) is 2. The van der Waals surface area contributed by atoms with Crippen molar-refractivity contribution in [3.63, 3.8) is 0 Å². The number of alkyl halides is 3. The van der Waals surface area contributed by atoms with Crippen molar-refractivity contribution in [2.24, 2.45) is 0 Å². The third-order valence-corrected chi connectivity index (χ3v) is 6.29. The van der Waals surface area contributed by atoms with E-state index in [0.717, 1.165) is 37.8 Å². The highest BCUT2D eigenvalue weighted by Crippen LogP contribution is 2.33. The third kappa shape index (κ3) is 4.98. The average Bonchev–Trinajstić information content (AvgIpc) is 3.07. The van der Waals surface area contributed by atoms with Gasteiger partial charge in [0, 0.05) is 29.6 Å². The largest absolute Gasteiger partial charge is 0.416 e. The first-order valence-corrected chi connectivity index (χ1v) is 11.2. The highest BCUT2D eigenvalue weighted by molar-refractivity contribution is 5.93. The summed E-state index contributed by atoms with van der Waals surface area (Å²) in [6, 6.07) is 3.57. The molecule has 1 aromatic heterocycles. The van der Waals surface area contributed by atoms with Crippen molar-refractivity contribution in [2.45, 2.75) is 82.7 Å². The van der Waals surface area contributed by atoms with Crippen LogP contribution in [0.4, 0.5) is 19.0 Å². The molecule has 1 amide bonds. The van der Waals surface area contributed by atoms with Gasteiger partial charge in [0.25, 0.3) is 0 Å². The number of halogens is 3. The Morgan fingerprint density at radius 3 is 2.41 bits per heavy atom. The quantitative estimate of drug-likeness (QED) is 0.726. The number of nitrogens with zero attached hydrogens (tertiary/aromatic N) is 3. The summed E-state index contributed by atoms with van der Waals surface area (Å²) in [5.41, 5.74) is -0.284. The van der Waals surface area contributed by atoms with Gasteiger partial charge in [0.2, 0.25) is 5.91 Å². The Hall–Kier alpha value is -2.42. The third-order valence-electron chi connectivity index (χ3n) is 6.29. The molecule has 2 N–H and O–H groups in total. The summed E-state index contributed by atoms with van der Waals surface area (Å²) < 4.78 is 39.5. The van der Waals surface area contributed by atoms with Crippen LogP contribution in [0.2, 0.25) is 0 Å². The molecule has 32 heavy (non-hydrogen) atoms. The molecule has 1 saturated carbocycles. The lowest BCUT2D eigenvalue weighted by Crippen LogP contribution is -2.49. The predicted octanol–water partition coefficient (Wildman–Crippen LogP) is 4.36. The molecular weight excluding hydrogens is 419 g/mol. The van der Waals surface area contributed by atoms with Crippen LogP contribution >= 0.6 is 0 Å². The first-order valence-electron chi connectivity index (χ1n) is 11.2. The Morgan fingerprint density at radius 1 is 1.03 bits per heavy atom. The number of hydrogen-bond acceptors (Lipinski definition) is 5. The minimum Gasteiger partial charge on any atom is -0.358 e. The average molecular weight is 450 g/mol. The van der Waals surface area contributed by atoms with Crippen molar-refractivity contribution in [3.05, 3.63) is 30.1 Å². The molecule has 1 atom stereocenters. The molecule has 2 aromatic rings. The minimum absolute atomic E-state index is 0.00373. The van der Waals surface area contributed by atoms with Gasteiger partial charge in [-0.2, -0.15) is 13.2 Å². The van der Waals surface area contributed by atoms with Gasteiger partial charge in [-0.3, -0.25) is 4.79 Å². The molecule has 2 aliphatic rings. The molecule has 174 valence electrons. The van der Waals surface area contributed by atoms with Gasteiger partial charge in [-0.15, -0.1) is 0 Å². The molecular formula is C23H30F3N5O. The normalized spacial score (nSPS) is 24.9. The Morgan fingerprint density at radius 2 is 1.75 bits per heavy atom. The Labute approximate surface area is 186 Å². The SMILES string of the molecule is CC(C)(C)N[C@H]1CC[C@H](N2CC[C@H](Nc3ncnc4ccc(C(F)(F)F)cc34)C2=O)CC1. The number of likely N-dealkylation sites (tertiary alicyclic amines) is 1. The minimum atomic E-state index is -4.46. The number of amides is 1. The maximum atomic E-state index is 13.2. The summed E-state index contributed by atoms with van der Waals surface area (Å²) in [5.74, 6) is 0.260. The monoisotopic (exact) mass is 449 g/mol. The highest BCUT2D eigenvalue weighted by Gasteiger charge is 2.38. The Kier molecular flexibility index (Phi) is 6.04. The van der Waals surface area contributed by atoms with Crippen LogP contribution in [0.3, 0.4) is 0 Å². The van der Waals surface area contributed by atoms with E-state index >= 15 is 0 Å². The smallest absolute Gasteiger partial charge is 0.358 e. The van der Waals surface area contributed by atoms with E-state index in [2.05, 4.69) is 41.4 Å². The van der Waals surface area contributed by atoms with E-state index in [4.69, 9.17) is 0 Å². The maximum absolute atomic E-state index is 13.2. The molecule has 0 spiro atoms. The fraction of sp³-hybridized carbons (Fsp3) is 0.609. The van der Waals surface area contributed by atoms with E-state index in [-0.39, 0.29) is 28.7 Å². The number of fused-ring (bicyclic) bond motifs is 1. The van der Waals surface area contributed by atoms with Gasteiger partial charge in [-0.05, 0) is 71.1 Å². The number of carbonyl (C=O) groups excluding carboxylic acids is 1. The van der Waals surface area contributed by atoms with Crippen molar-refractivity contribution < 1.29 is 18.0 Å². The van der Waals surface area contributed by atoms with E-state index in [1.54, 1.807) is 0 Å². The summed E-state index contributed by atoms with van der Waals surface area (Å²) in [5, 5.41) is 7.01. The fourth-order valence-electron chi connectivity index (χ4n) is 4.86. The van der Waals surface area contributed by atoms with Gasteiger partial charge in [-0.1, -0.05) is 0 Å². The van der Waals surface area contributed by atoms with E-state index in [1.807, 2.05) is 4.90 Å². The lowest BCUT2D eigenvalue weighted by Gasteiger charge is -2.37. The van der Waals surface area contributed by atoms with Crippen molar-refractivity contribution in [2.75, 3.05) is 11.9 Å². The lowest BCUT2D eigenvalue weighted by molar-refractivity contribution is -0.137. The summed E-state index contributed by atoms with van der Waals surface area (Å²) in [6.45, 7) is 7.13. The van der Waals surface area contributed by atoms with Crippen molar-refractivity contribution in [1.82, 2.24) is 20.2 Å². The number of rotatable bonds is 4. The van der Waals surface area contributed by atoms with E-state index in [1.165, 1.54) is 12.4 Å². The molecule has 2 heterocycles. The molecule has 9 heteroatoms. The van der Waals surface area contributed by atoms with Crippen LogP contribution in [-0.2, 0) is 11.0 Å². The second-order valence-electron chi connectivity index (χ2n) is 9.87. The molecule has 1 aliphatic carbocycles. The van der Waals surface area contributed by atoms with Crippen molar-refractivity contribution in [3.8, 4) is 0 Å². The molecule has 2 fully saturated rings. The first kappa shape index (κ1) is 22.8. The number of nitrogens with one attached hydrogen (secondary N) is 2. The zero-order valence-corrected chi connectivity index (χ0v) is 18.7. The number of carbonyl (C=O) groups is 1. The van der Waals surface area contributed by atoms with Gasteiger partial charge in [-0.25, -0.2) is 9.97 Å². The van der Waals surface area contributed by atoms with Gasteiger partial charge < -0.3 is 15.5 Å². The molecule has 1 saturated heterocycles. The molecule has 0 unspecified atom stereocenters. The molecule has 0 radical (unpaired) electrons. The van der Waals surface area contributed by atoms with Crippen LogP contribution in [0.1, 0.15) is 58.4 Å². The van der Waals surface area contributed by atoms with Crippen LogP contribution < -0.4 is 10.6 Å². The fourth-order valence-corrected chi connectivity index (χ4v) is 4.86. The maximum Gasteiger partial charge on any atom is 0.416 e. The van der Waals surface area contributed by atoms with Crippen molar-refractivity contribution in [1.29, 1.82) is 0 Å². The summed E-state index contributed by atoms with van der Waals surface area (Å²) in [6.07, 6.45) is 1.42. The van der Waals surface area contributed by atoms with Crippen LogP contribution in [0.15, 0.2) is 24.5 Å². The Bertz CT molecular complexity index is 980. The van der Waals surface area contributed by atoms with Crippen molar-refractivity contribution >= 4 is 22.6 Å². The number of benzene rings is 1. The summed E-state index contributed by atoms with van der Waals surface area (Å²) in [4.78, 5) is 23.2. The topological polar surface area (TPSA) is 70.2 Å². The number of anilines is 1. The van der Waals surface area contributed by atoms with Gasteiger partial charge in [0.05, 0.1) is 11.1 Å². The molecule has 6 nitrogen and oxygen atoms in total. The van der Waals surface area contributed by atoms with Crippen LogP contribution in [-0.4, -0.2) is 51.0 Å². The second kappa shape index (κ2) is 8.50. The van der Waals surface area contributed by atoms with Crippen LogP contribution in [0, 0.1) is 0 Å². The highest BCUT2D eigenvalue weighted by atomic mass is 19.4. The zero-order chi connectivity index (χ0) is 23.1. The van der Waals surface area contributed by atoms with Gasteiger partial charge in [0.15, 0.2) is 0 Å². The summed E-state index contributed by atoms with van der Waals surface area (Å²) in [7, 11) is 0. The molecule has 1 aliphatic heterocycles. The molecule has 1 aromatic carbocycles. The van der Waals surface area contributed by atoms with E-state index in [0.29, 0.717) is 24.5 Å². The molecule has 0 bridgehead atoms. The van der Waals surface area contributed by atoms with E-state index in [9.17, 15) is 18.0 Å². The van der Waals surface area contributed by atoms with Crippen LogP contribution in [0.5, 0.6) is 0 Å². The van der Waals surface area contributed by atoms with Crippen LogP contribution in [0.25, 0.3) is 10.9 Å². The van der Waals surface area contributed by atoms with Gasteiger partial charge >= 0.3 is 6.18 Å². The van der Waals surface area contributed by atoms with Gasteiger partial charge in [0.1, 0.15) is 18.2 Å². The second-order valence-corrected chi connectivity index (χ2v) is 9.87. The standard InChI is InChI=1S/C23H30F3N5O/c1-22(2,3)30-15-5-7-16(8-6-15)31-11-10-19(21(31)32)29-20-17-12-14(23(24,25)26)4-9-18(17)27-13-28-20/h4,9,12-13,15-16,19,30H,5-8,10-11H2,1-3H3,(H,27,28,29)/t15-,16-,19-/m0/s1. The first-order chi connectivity index (χ1) is 15.0.